The van der Waals surface area contributed by atoms with Gasteiger partial charge in [0.25, 0.3) is 5.91 Å². The summed E-state index contributed by atoms with van der Waals surface area (Å²) in [5, 5.41) is 8.89. The molecule has 1 saturated heterocycles. The number of hydrogen-bond donors (Lipinski definition) is 1. The van der Waals surface area contributed by atoms with Gasteiger partial charge in [-0.05, 0) is 65.6 Å². The molecule has 1 aliphatic rings. The van der Waals surface area contributed by atoms with Crippen LogP contribution in [0.4, 0.5) is 0 Å². The highest BCUT2D eigenvalue weighted by atomic mass is 127. The Hall–Kier alpha value is -0.620. The Bertz CT molecular complexity index is 391. The second-order valence-corrected chi connectivity index (χ2v) is 5.67. The molecule has 0 saturated carbocycles. The lowest BCUT2D eigenvalue weighted by atomic mass is 10.1. The highest BCUT2D eigenvalue weighted by molar-refractivity contribution is 14.1. The van der Waals surface area contributed by atoms with Gasteiger partial charge in [0.1, 0.15) is 0 Å². The number of carbonyl (C=O) groups is 1. The van der Waals surface area contributed by atoms with E-state index in [1.165, 1.54) is 0 Å². The minimum Gasteiger partial charge on any atom is -0.396 e. The molecule has 2 rings (SSSR count). The van der Waals surface area contributed by atoms with Gasteiger partial charge in [-0.15, -0.1) is 0 Å². The maximum absolute atomic E-state index is 12.2. The van der Waals surface area contributed by atoms with Crippen molar-refractivity contribution in [3.8, 4) is 0 Å². The van der Waals surface area contributed by atoms with Crippen LogP contribution >= 0.6 is 22.6 Å². The monoisotopic (exact) mass is 345 g/mol. The molecule has 0 bridgehead atoms. The van der Waals surface area contributed by atoms with Gasteiger partial charge < -0.3 is 10.0 Å². The summed E-state index contributed by atoms with van der Waals surface area (Å²) in [6.07, 6.45) is 1.81. The van der Waals surface area contributed by atoms with Crippen LogP contribution in [0.15, 0.2) is 24.3 Å². The first kappa shape index (κ1) is 12.8. The van der Waals surface area contributed by atoms with Gasteiger partial charge in [-0.3, -0.25) is 4.79 Å². The summed E-state index contributed by atoms with van der Waals surface area (Å²) in [4.78, 5) is 14.1. The fourth-order valence-electron chi connectivity index (χ4n) is 2.21. The van der Waals surface area contributed by atoms with Gasteiger partial charge in [0.15, 0.2) is 0 Å². The molecule has 0 aliphatic carbocycles. The van der Waals surface area contributed by atoms with Crippen LogP contribution in [0.25, 0.3) is 0 Å². The number of likely N-dealkylation sites (tertiary alicyclic amines) is 1. The number of rotatable bonds is 3. The quantitative estimate of drug-likeness (QED) is 0.853. The number of benzene rings is 1. The summed E-state index contributed by atoms with van der Waals surface area (Å²) in [6.45, 7) is 1.82. The Morgan fingerprint density at radius 3 is 2.76 bits per heavy atom. The molecule has 1 aliphatic heterocycles. The lowest BCUT2D eigenvalue weighted by Crippen LogP contribution is -2.28. The van der Waals surface area contributed by atoms with E-state index in [4.69, 9.17) is 5.11 Å². The lowest BCUT2D eigenvalue weighted by Gasteiger charge is -2.16. The van der Waals surface area contributed by atoms with Crippen LogP contribution in [-0.2, 0) is 0 Å². The SMILES string of the molecule is O=C(c1ccc(I)cc1)N1CCC(CCO)C1. The molecule has 1 fully saturated rings. The molecular weight excluding hydrogens is 329 g/mol. The molecule has 4 heteroatoms. The van der Waals surface area contributed by atoms with Crippen molar-refractivity contribution in [2.45, 2.75) is 12.8 Å². The Morgan fingerprint density at radius 1 is 1.41 bits per heavy atom. The van der Waals surface area contributed by atoms with Crippen molar-refractivity contribution in [1.29, 1.82) is 0 Å². The van der Waals surface area contributed by atoms with Gasteiger partial charge in [0.05, 0.1) is 0 Å². The molecule has 0 radical (unpaired) electrons. The van der Waals surface area contributed by atoms with Gasteiger partial charge in [-0.2, -0.15) is 0 Å². The molecule has 1 aromatic carbocycles. The van der Waals surface area contributed by atoms with E-state index in [9.17, 15) is 4.79 Å². The van der Waals surface area contributed by atoms with E-state index in [0.717, 1.165) is 35.1 Å². The molecule has 1 N–H and O–H groups in total. The summed E-state index contributed by atoms with van der Waals surface area (Å²) < 4.78 is 1.14. The Morgan fingerprint density at radius 2 is 2.12 bits per heavy atom. The summed E-state index contributed by atoms with van der Waals surface area (Å²) in [6, 6.07) is 7.66. The standard InChI is InChI=1S/C13H16INO2/c14-12-3-1-11(2-4-12)13(17)15-7-5-10(9-15)6-8-16/h1-4,10,16H,5-9H2. The summed E-state index contributed by atoms with van der Waals surface area (Å²) in [5.41, 5.74) is 0.759. The van der Waals surface area contributed by atoms with E-state index < -0.39 is 0 Å². The van der Waals surface area contributed by atoms with Gasteiger partial charge in [0.2, 0.25) is 0 Å². The number of aliphatic hydroxyl groups is 1. The summed E-state index contributed by atoms with van der Waals surface area (Å²) in [7, 11) is 0. The molecule has 3 nitrogen and oxygen atoms in total. The zero-order valence-corrected chi connectivity index (χ0v) is 11.8. The van der Waals surface area contributed by atoms with Crippen molar-refractivity contribution in [1.82, 2.24) is 4.90 Å². The average molecular weight is 345 g/mol. The number of amides is 1. The fourth-order valence-corrected chi connectivity index (χ4v) is 2.57. The van der Waals surface area contributed by atoms with Crippen molar-refractivity contribution < 1.29 is 9.90 Å². The Balaban J connectivity index is 1.99. The second-order valence-electron chi connectivity index (χ2n) is 4.43. The predicted octanol–water partition coefficient (Wildman–Crippen LogP) is 2.14. The van der Waals surface area contributed by atoms with Crippen LogP contribution in [0.2, 0.25) is 0 Å². The molecule has 1 heterocycles. The molecule has 0 spiro atoms. The molecule has 17 heavy (non-hydrogen) atoms. The van der Waals surface area contributed by atoms with E-state index in [-0.39, 0.29) is 12.5 Å². The van der Waals surface area contributed by atoms with E-state index in [1.54, 1.807) is 0 Å². The molecule has 92 valence electrons. The largest absolute Gasteiger partial charge is 0.396 e. The first-order valence-corrected chi connectivity index (χ1v) is 6.94. The predicted molar refractivity (Wildman–Crippen MR) is 74.9 cm³/mol. The van der Waals surface area contributed by atoms with E-state index in [0.29, 0.717) is 5.92 Å². The molecule has 1 aromatic rings. The number of nitrogens with zero attached hydrogens (tertiary/aromatic N) is 1. The third kappa shape index (κ3) is 3.19. The minimum atomic E-state index is 0.113. The normalized spacial score (nSPS) is 19.6. The molecule has 1 unspecified atom stereocenters. The van der Waals surface area contributed by atoms with Crippen LogP contribution in [0, 0.1) is 9.49 Å². The Kier molecular flexibility index (Phi) is 4.39. The van der Waals surface area contributed by atoms with Crippen molar-refractivity contribution in [3.05, 3.63) is 33.4 Å². The summed E-state index contributed by atoms with van der Waals surface area (Å²) >= 11 is 2.23. The number of aliphatic hydroxyl groups excluding tert-OH is 1. The van der Waals surface area contributed by atoms with Crippen molar-refractivity contribution in [3.63, 3.8) is 0 Å². The van der Waals surface area contributed by atoms with E-state index >= 15 is 0 Å². The van der Waals surface area contributed by atoms with Crippen LogP contribution in [-0.4, -0.2) is 35.6 Å². The minimum absolute atomic E-state index is 0.113. The topological polar surface area (TPSA) is 40.5 Å². The highest BCUT2D eigenvalue weighted by Crippen LogP contribution is 2.21. The van der Waals surface area contributed by atoms with Crippen LogP contribution in [0.5, 0.6) is 0 Å². The zero-order valence-electron chi connectivity index (χ0n) is 9.60. The van der Waals surface area contributed by atoms with Crippen molar-refractivity contribution in [2.75, 3.05) is 19.7 Å². The second kappa shape index (κ2) is 5.82. The van der Waals surface area contributed by atoms with Crippen LogP contribution < -0.4 is 0 Å². The van der Waals surface area contributed by atoms with Gasteiger partial charge in [0, 0.05) is 28.8 Å². The fraction of sp³-hybridized carbons (Fsp3) is 0.462. The maximum atomic E-state index is 12.2. The number of carbonyl (C=O) groups excluding carboxylic acids is 1. The van der Waals surface area contributed by atoms with E-state index in [2.05, 4.69) is 22.6 Å². The van der Waals surface area contributed by atoms with Crippen molar-refractivity contribution in [2.24, 2.45) is 5.92 Å². The van der Waals surface area contributed by atoms with Gasteiger partial charge in [-0.1, -0.05) is 0 Å². The van der Waals surface area contributed by atoms with Gasteiger partial charge >= 0.3 is 0 Å². The third-order valence-corrected chi connectivity index (χ3v) is 3.92. The third-order valence-electron chi connectivity index (χ3n) is 3.20. The molecule has 1 amide bonds. The van der Waals surface area contributed by atoms with Crippen molar-refractivity contribution >= 4 is 28.5 Å². The Labute approximate surface area is 115 Å². The smallest absolute Gasteiger partial charge is 0.253 e. The molecule has 1 atom stereocenters. The first-order chi connectivity index (χ1) is 8.20. The number of halogens is 1. The van der Waals surface area contributed by atoms with Crippen LogP contribution in [0.1, 0.15) is 23.2 Å². The highest BCUT2D eigenvalue weighted by Gasteiger charge is 2.26. The zero-order chi connectivity index (χ0) is 12.3. The lowest BCUT2D eigenvalue weighted by molar-refractivity contribution is 0.0784. The van der Waals surface area contributed by atoms with E-state index in [1.807, 2.05) is 29.2 Å². The number of hydrogen-bond acceptors (Lipinski definition) is 2. The summed E-state index contributed by atoms with van der Waals surface area (Å²) in [5.74, 6) is 0.578. The van der Waals surface area contributed by atoms with Crippen LogP contribution in [0.3, 0.4) is 0 Å². The molecule has 0 aromatic heterocycles. The average Bonchev–Trinajstić information content (AvgIpc) is 2.78. The molecular formula is C13H16INO2. The maximum Gasteiger partial charge on any atom is 0.253 e. The van der Waals surface area contributed by atoms with Gasteiger partial charge in [-0.25, -0.2) is 0 Å². The first-order valence-electron chi connectivity index (χ1n) is 5.86.